The highest BCUT2D eigenvalue weighted by Crippen LogP contribution is 2.42. The zero-order valence-corrected chi connectivity index (χ0v) is 14.9. The van der Waals surface area contributed by atoms with Crippen molar-refractivity contribution in [2.45, 2.75) is 25.8 Å². The third-order valence-electron chi connectivity index (χ3n) is 5.02. The molecule has 0 spiro atoms. The summed E-state index contributed by atoms with van der Waals surface area (Å²) in [5.74, 6) is -0.397. The van der Waals surface area contributed by atoms with Gasteiger partial charge >= 0.3 is 5.97 Å². The third kappa shape index (κ3) is 2.39. The fourth-order valence-electron chi connectivity index (χ4n) is 3.54. The Hall–Kier alpha value is -3.08. The summed E-state index contributed by atoms with van der Waals surface area (Å²) >= 11 is 0. The summed E-state index contributed by atoms with van der Waals surface area (Å²) in [4.78, 5) is 26.7. The number of benzene rings is 2. The Morgan fingerprint density at radius 3 is 2.73 bits per heavy atom. The summed E-state index contributed by atoms with van der Waals surface area (Å²) in [5, 5.41) is 0.997. The number of amides is 1. The monoisotopic (exact) mass is 349 g/mol. The second-order valence-corrected chi connectivity index (χ2v) is 7.03. The largest absolute Gasteiger partial charge is 0.465 e. The van der Waals surface area contributed by atoms with Crippen LogP contribution in [0, 0.1) is 0 Å². The van der Waals surface area contributed by atoms with Gasteiger partial charge < -0.3 is 14.1 Å². The molecule has 0 fully saturated rings. The first-order valence-corrected chi connectivity index (χ1v) is 8.43. The van der Waals surface area contributed by atoms with Crippen LogP contribution in [0.2, 0.25) is 0 Å². The zero-order valence-electron chi connectivity index (χ0n) is 14.9. The van der Waals surface area contributed by atoms with Gasteiger partial charge in [0.25, 0.3) is 0 Å². The topological polar surface area (TPSA) is 59.8 Å². The molecule has 2 aromatic carbocycles. The molecule has 4 rings (SSSR count). The fourth-order valence-corrected chi connectivity index (χ4v) is 3.54. The number of rotatable bonds is 3. The number of nitrogens with zero attached hydrogens (tertiary/aromatic N) is 1. The van der Waals surface area contributed by atoms with E-state index in [1.807, 2.05) is 44.2 Å². The molecule has 0 bridgehead atoms. The first-order chi connectivity index (χ1) is 12.4. The van der Waals surface area contributed by atoms with E-state index >= 15 is 0 Å². The fraction of sp³-hybridized carbons (Fsp3) is 0.238. The number of fused-ring (bicyclic) bond motifs is 2. The maximum absolute atomic E-state index is 13.0. The first-order valence-electron chi connectivity index (χ1n) is 8.43. The molecule has 5 heteroatoms. The summed E-state index contributed by atoms with van der Waals surface area (Å²) in [6.45, 7) is 4.25. The van der Waals surface area contributed by atoms with Crippen LogP contribution in [-0.4, -0.2) is 19.0 Å². The van der Waals surface area contributed by atoms with E-state index in [-0.39, 0.29) is 5.91 Å². The van der Waals surface area contributed by atoms with E-state index in [0.717, 1.165) is 27.8 Å². The standard InChI is InChI=1S/C21H19NO4/c1-21(2)16-6-5-15(19(23)25-3)11-17(16)22(20(21)24)12-13-4-7-18-14(10-13)8-9-26-18/h4-11H,12H2,1-3H3. The molecule has 5 nitrogen and oxygen atoms in total. The van der Waals surface area contributed by atoms with Crippen molar-refractivity contribution in [1.82, 2.24) is 0 Å². The minimum absolute atomic E-state index is 0.0156. The normalized spacial score (nSPS) is 15.3. The maximum Gasteiger partial charge on any atom is 0.337 e. The van der Waals surface area contributed by atoms with Crippen molar-refractivity contribution >= 4 is 28.5 Å². The molecule has 3 aromatic rings. The van der Waals surface area contributed by atoms with E-state index in [4.69, 9.17) is 9.15 Å². The van der Waals surface area contributed by atoms with Crippen LogP contribution in [0.3, 0.4) is 0 Å². The number of hydrogen-bond acceptors (Lipinski definition) is 4. The molecule has 1 aliphatic rings. The van der Waals surface area contributed by atoms with Crippen molar-refractivity contribution in [2.24, 2.45) is 0 Å². The highest BCUT2D eigenvalue weighted by atomic mass is 16.5. The Kier molecular flexibility index (Phi) is 3.61. The Bertz CT molecular complexity index is 1030. The molecule has 0 saturated carbocycles. The smallest absolute Gasteiger partial charge is 0.337 e. The van der Waals surface area contributed by atoms with E-state index in [2.05, 4.69) is 0 Å². The molecule has 2 heterocycles. The Labute approximate surface area is 151 Å². The molecule has 26 heavy (non-hydrogen) atoms. The van der Waals surface area contributed by atoms with Crippen molar-refractivity contribution in [1.29, 1.82) is 0 Å². The number of methoxy groups -OCH3 is 1. The molecule has 0 aliphatic carbocycles. The number of ether oxygens (including phenoxy) is 1. The Morgan fingerprint density at radius 2 is 1.96 bits per heavy atom. The van der Waals surface area contributed by atoms with Crippen LogP contribution in [0.15, 0.2) is 53.1 Å². The van der Waals surface area contributed by atoms with E-state index in [0.29, 0.717) is 12.1 Å². The van der Waals surface area contributed by atoms with E-state index < -0.39 is 11.4 Å². The number of carbonyl (C=O) groups excluding carboxylic acids is 2. The molecule has 1 aliphatic heterocycles. The molecule has 0 saturated heterocycles. The highest BCUT2D eigenvalue weighted by Gasteiger charge is 2.44. The van der Waals surface area contributed by atoms with Crippen LogP contribution >= 0.6 is 0 Å². The Balaban J connectivity index is 1.76. The second-order valence-electron chi connectivity index (χ2n) is 7.03. The van der Waals surface area contributed by atoms with E-state index in [1.54, 1.807) is 23.3 Å². The van der Waals surface area contributed by atoms with Gasteiger partial charge in [-0.3, -0.25) is 4.79 Å². The molecular weight excluding hydrogens is 330 g/mol. The van der Waals surface area contributed by atoms with E-state index in [1.165, 1.54) is 7.11 Å². The molecule has 132 valence electrons. The molecular formula is C21H19NO4. The van der Waals surface area contributed by atoms with Gasteiger partial charge in [-0.15, -0.1) is 0 Å². The van der Waals surface area contributed by atoms with Crippen LogP contribution in [0.5, 0.6) is 0 Å². The summed E-state index contributed by atoms with van der Waals surface area (Å²) in [5.41, 5.74) is 3.29. The third-order valence-corrected chi connectivity index (χ3v) is 5.02. The van der Waals surface area contributed by atoms with Crippen molar-refractivity contribution < 1.29 is 18.7 Å². The van der Waals surface area contributed by atoms with Gasteiger partial charge in [0.05, 0.1) is 30.9 Å². The van der Waals surface area contributed by atoms with Crippen molar-refractivity contribution in [2.75, 3.05) is 12.0 Å². The predicted molar refractivity (Wildman–Crippen MR) is 98.2 cm³/mol. The SMILES string of the molecule is COC(=O)c1ccc2c(c1)N(Cc1ccc3occc3c1)C(=O)C2(C)C. The lowest BCUT2D eigenvalue weighted by atomic mass is 9.86. The average Bonchev–Trinajstić information content (AvgIpc) is 3.18. The van der Waals surface area contributed by atoms with Gasteiger partial charge in [-0.2, -0.15) is 0 Å². The average molecular weight is 349 g/mol. The molecule has 0 atom stereocenters. The van der Waals surface area contributed by atoms with Crippen LogP contribution in [0.4, 0.5) is 5.69 Å². The number of carbonyl (C=O) groups is 2. The van der Waals surface area contributed by atoms with E-state index in [9.17, 15) is 9.59 Å². The summed E-state index contributed by atoms with van der Waals surface area (Å²) in [6.07, 6.45) is 1.65. The maximum atomic E-state index is 13.0. The van der Waals surface area contributed by atoms with Gasteiger partial charge in [-0.1, -0.05) is 12.1 Å². The van der Waals surface area contributed by atoms with Crippen LogP contribution < -0.4 is 4.90 Å². The quantitative estimate of drug-likeness (QED) is 0.670. The van der Waals surface area contributed by atoms with Crippen molar-refractivity contribution in [3.8, 4) is 0 Å². The lowest BCUT2D eigenvalue weighted by Gasteiger charge is -2.20. The predicted octanol–water partition coefficient (Wildman–Crippen LogP) is 4.04. The first kappa shape index (κ1) is 16.4. The molecule has 0 unspecified atom stereocenters. The number of hydrogen-bond donors (Lipinski definition) is 0. The van der Waals surface area contributed by atoms with Crippen molar-refractivity contribution in [3.63, 3.8) is 0 Å². The highest BCUT2D eigenvalue weighted by molar-refractivity contribution is 6.08. The van der Waals surface area contributed by atoms with Crippen LogP contribution in [-0.2, 0) is 21.5 Å². The number of anilines is 1. The van der Waals surface area contributed by atoms with Gasteiger partial charge in [-0.05, 0) is 55.3 Å². The lowest BCUT2D eigenvalue weighted by Crippen LogP contribution is -2.35. The summed E-state index contributed by atoms with van der Waals surface area (Å²) < 4.78 is 10.2. The minimum Gasteiger partial charge on any atom is -0.465 e. The van der Waals surface area contributed by atoms with Crippen LogP contribution in [0.25, 0.3) is 11.0 Å². The minimum atomic E-state index is -0.635. The van der Waals surface area contributed by atoms with Gasteiger partial charge in [0, 0.05) is 11.1 Å². The van der Waals surface area contributed by atoms with Gasteiger partial charge in [0.1, 0.15) is 5.58 Å². The summed E-state index contributed by atoms with van der Waals surface area (Å²) in [6, 6.07) is 13.1. The Morgan fingerprint density at radius 1 is 1.15 bits per heavy atom. The molecule has 1 amide bonds. The van der Waals surface area contributed by atoms with Crippen LogP contribution in [0.1, 0.15) is 35.3 Å². The van der Waals surface area contributed by atoms with Gasteiger partial charge in [-0.25, -0.2) is 4.79 Å². The lowest BCUT2D eigenvalue weighted by molar-refractivity contribution is -0.122. The molecule has 0 radical (unpaired) electrons. The summed E-state index contributed by atoms with van der Waals surface area (Å²) in [7, 11) is 1.35. The van der Waals surface area contributed by atoms with Crippen molar-refractivity contribution in [3.05, 3.63) is 65.4 Å². The zero-order chi connectivity index (χ0) is 18.5. The number of esters is 1. The van der Waals surface area contributed by atoms with Gasteiger partial charge in [0.2, 0.25) is 5.91 Å². The molecule has 1 aromatic heterocycles. The molecule has 0 N–H and O–H groups in total. The second kappa shape index (κ2) is 5.73. The number of furan rings is 1. The van der Waals surface area contributed by atoms with Gasteiger partial charge in [0.15, 0.2) is 0 Å².